The molecule has 1 aromatic carbocycles. The standard InChI is InChI=1S/C19H23N3O2/c1-12-16(19(24)21-13(2)20-12)10-11-17(23)22-18(15-8-9-15)14-6-4-3-5-7-14/h3-7,15,18H,8-11H2,1-2H3,(H,22,23)(H,20,21,24)/t18-/m1/s1. The summed E-state index contributed by atoms with van der Waals surface area (Å²) in [4.78, 5) is 31.4. The number of rotatable bonds is 6. The summed E-state index contributed by atoms with van der Waals surface area (Å²) >= 11 is 0. The summed E-state index contributed by atoms with van der Waals surface area (Å²) in [6.45, 7) is 3.57. The number of hydrogen-bond acceptors (Lipinski definition) is 3. The largest absolute Gasteiger partial charge is 0.349 e. The molecule has 1 aliphatic rings. The average Bonchev–Trinajstić information content (AvgIpc) is 3.37. The van der Waals surface area contributed by atoms with Crippen LogP contribution in [0.4, 0.5) is 0 Å². The van der Waals surface area contributed by atoms with Crippen LogP contribution in [0.5, 0.6) is 0 Å². The third-order valence-electron chi connectivity index (χ3n) is 4.51. The number of hydrogen-bond donors (Lipinski definition) is 2. The van der Waals surface area contributed by atoms with Crippen molar-refractivity contribution >= 4 is 5.91 Å². The Balaban J connectivity index is 1.64. The third-order valence-corrected chi connectivity index (χ3v) is 4.51. The molecule has 0 radical (unpaired) electrons. The number of H-pyrrole nitrogens is 1. The normalized spacial score (nSPS) is 15.1. The van der Waals surface area contributed by atoms with Gasteiger partial charge in [-0.3, -0.25) is 9.59 Å². The Bertz CT molecular complexity index is 779. The molecule has 0 bridgehead atoms. The van der Waals surface area contributed by atoms with Crippen LogP contribution in [0.1, 0.15) is 47.9 Å². The van der Waals surface area contributed by atoms with Crippen molar-refractivity contribution in [3.63, 3.8) is 0 Å². The lowest BCUT2D eigenvalue weighted by molar-refractivity contribution is -0.122. The maximum absolute atomic E-state index is 12.4. The van der Waals surface area contributed by atoms with Crippen molar-refractivity contribution in [2.75, 3.05) is 0 Å². The molecule has 1 saturated carbocycles. The molecule has 1 aliphatic carbocycles. The number of benzene rings is 1. The van der Waals surface area contributed by atoms with E-state index in [4.69, 9.17) is 0 Å². The lowest BCUT2D eigenvalue weighted by Gasteiger charge is -2.19. The first kappa shape index (κ1) is 16.4. The second-order valence-corrected chi connectivity index (χ2v) is 6.51. The van der Waals surface area contributed by atoms with E-state index in [1.54, 1.807) is 6.92 Å². The van der Waals surface area contributed by atoms with Gasteiger partial charge in [-0.25, -0.2) is 4.98 Å². The van der Waals surface area contributed by atoms with Crippen molar-refractivity contribution in [2.24, 2.45) is 5.92 Å². The minimum absolute atomic E-state index is 0.0184. The zero-order valence-electron chi connectivity index (χ0n) is 14.1. The van der Waals surface area contributed by atoms with Crippen molar-refractivity contribution in [2.45, 2.75) is 45.6 Å². The molecular formula is C19H23N3O2. The molecule has 0 spiro atoms. The fourth-order valence-electron chi connectivity index (χ4n) is 3.09. The van der Waals surface area contributed by atoms with E-state index in [2.05, 4.69) is 27.4 Å². The molecule has 1 atom stereocenters. The first-order valence-electron chi connectivity index (χ1n) is 8.45. The minimum atomic E-state index is -0.144. The number of carbonyl (C=O) groups excluding carboxylic acids is 1. The van der Waals surface area contributed by atoms with Crippen LogP contribution in [0.25, 0.3) is 0 Å². The van der Waals surface area contributed by atoms with E-state index in [9.17, 15) is 9.59 Å². The maximum atomic E-state index is 12.4. The van der Waals surface area contributed by atoms with Crippen LogP contribution < -0.4 is 10.9 Å². The van der Waals surface area contributed by atoms with Crippen LogP contribution in [0.15, 0.2) is 35.1 Å². The van der Waals surface area contributed by atoms with E-state index in [1.807, 2.05) is 25.1 Å². The Hall–Kier alpha value is -2.43. The van der Waals surface area contributed by atoms with Gasteiger partial charge in [-0.1, -0.05) is 30.3 Å². The molecule has 1 fully saturated rings. The van der Waals surface area contributed by atoms with Gasteiger partial charge in [0.25, 0.3) is 5.56 Å². The molecule has 0 saturated heterocycles. The van der Waals surface area contributed by atoms with Crippen LogP contribution in [0, 0.1) is 19.8 Å². The smallest absolute Gasteiger partial charge is 0.254 e. The highest BCUT2D eigenvalue weighted by Crippen LogP contribution is 2.40. The lowest BCUT2D eigenvalue weighted by atomic mass is 10.0. The molecule has 3 rings (SSSR count). The molecule has 5 heteroatoms. The van der Waals surface area contributed by atoms with Gasteiger partial charge in [0.15, 0.2) is 0 Å². The number of nitrogens with one attached hydrogen (secondary N) is 2. The summed E-state index contributed by atoms with van der Waals surface area (Å²) in [6.07, 6.45) is 3.01. The molecule has 0 unspecified atom stereocenters. The summed E-state index contributed by atoms with van der Waals surface area (Å²) in [6, 6.07) is 10.2. The first-order valence-corrected chi connectivity index (χ1v) is 8.45. The molecule has 5 nitrogen and oxygen atoms in total. The molecule has 1 amide bonds. The molecule has 1 aromatic heterocycles. The Morgan fingerprint density at radius 2 is 2.00 bits per heavy atom. The molecule has 1 heterocycles. The molecular weight excluding hydrogens is 302 g/mol. The van der Waals surface area contributed by atoms with Gasteiger partial charge < -0.3 is 10.3 Å². The van der Waals surface area contributed by atoms with Crippen LogP contribution >= 0.6 is 0 Å². The van der Waals surface area contributed by atoms with Crippen molar-refractivity contribution in [3.05, 3.63) is 63.3 Å². The Labute approximate surface area is 141 Å². The zero-order valence-corrected chi connectivity index (χ0v) is 14.1. The molecule has 24 heavy (non-hydrogen) atoms. The lowest BCUT2D eigenvalue weighted by Crippen LogP contribution is -2.30. The topological polar surface area (TPSA) is 74.8 Å². The molecule has 2 aromatic rings. The van der Waals surface area contributed by atoms with Gasteiger partial charge in [0.1, 0.15) is 5.82 Å². The highest BCUT2D eigenvalue weighted by atomic mass is 16.1. The van der Waals surface area contributed by atoms with Crippen LogP contribution in [-0.4, -0.2) is 15.9 Å². The molecule has 126 valence electrons. The highest BCUT2D eigenvalue weighted by molar-refractivity contribution is 5.76. The van der Waals surface area contributed by atoms with Gasteiger partial charge in [0.05, 0.1) is 6.04 Å². The number of amides is 1. The number of aryl methyl sites for hydroxylation is 2. The monoisotopic (exact) mass is 325 g/mol. The Morgan fingerprint density at radius 3 is 2.62 bits per heavy atom. The summed E-state index contributed by atoms with van der Waals surface area (Å²) in [7, 11) is 0. The van der Waals surface area contributed by atoms with Gasteiger partial charge in [0.2, 0.25) is 5.91 Å². The SMILES string of the molecule is Cc1nc(C)c(CCC(=O)N[C@H](c2ccccc2)C2CC2)c(=O)[nH]1. The van der Waals surface area contributed by atoms with Crippen molar-refractivity contribution in [3.8, 4) is 0 Å². The Kier molecular flexibility index (Phi) is 4.79. The van der Waals surface area contributed by atoms with Crippen LogP contribution in [-0.2, 0) is 11.2 Å². The number of aromatic nitrogens is 2. The second-order valence-electron chi connectivity index (χ2n) is 6.51. The fraction of sp³-hybridized carbons (Fsp3) is 0.421. The first-order chi connectivity index (χ1) is 11.5. The number of aromatic amines is 1. The minimum Gasteiger partial charge on any atom is -0.349 e. The van der Waals surface area contributed by atoms with Gasteiger partial charge in [-0.05, 0) is 44.6 Å². The van der Waals surface area contributed by atoms with Crippen LogP contribution in [0.3, 0.4) is 0 Å². The van der Waals surface area contributed by atoms with E-state index >= 15 is 0 Å². The van der Waals surface area contributed by atoms with Crippen molar-refractivity contribution in [1.29, 1.82) is 0 Å². The van der Waals surface area contributed by atoms with E-state index in [0.29, 0.717) is 35.8 Å². The molecule has 0 aliphatic heterocycles. The predicted octanol–water partition coefficient (Wildman–Crippen LogP) is 2.59. The zero-order chi connectivity index (χ0) is 17.1. The summed E-state index contributed by atoms with van der Waals surface area (Å²) < 4.78 is 0. The van der Waals surface area contributed by atoms with E-state index in [1.165, 1.54) is 0 Å². The van der Waals surface area contributed by atoms with E-state index in [0.717, 1.165) is 18.4 Å². The summed E-state index contributed by atoms with van der Waals surface area (Å²) in [5.41, 5.74) is 2.30. The maximum Gasteiger partial charge on any atom is 0.254 e. The van der Waals surface area contributed by atoms with Crippen LogP contribution in [0.2, 0.25) is 0 Å². The van der Waals surface area contributed by atoms with Gasteiger partial charge in [0, 0.05) is 17.7 Å². The summed E-state index contributed by atoms with van der Waals surface area (Å²) in [5.74, 6) is 1.11. The third kappa shape index (κ3) is 3.91. The average molecular weight is 325 g/mol. The van der Waals surface area contributed by atoms with Gasteiger partial charge in [-0.15, -0.1) is 0 Å². The van der Waals surface area contributed by atoms with E-state index < -0.39 is 0 Å². The van der Waals surface area contributed by atoms with Gasteiger partial charge in [-0.2, -0.15) is 0 Å². The summed E-state index contributed by atoms with van der Waals surface area (Å²) in [5, 5.41) is 3.14. The highest BCUT2D eigenvalue weighted by Gasteiger charge is 2.33. The van der Waals surface area contributed by atoms with Crippen molar-refractivity contribution < 1.29 is 4.79 Å². The van der Waals surface area contributed by atoms with Crippen molar-refractivity contribution in [1.82, 2.24) is 15.3 Å². The second kappa shape index (κ2) is 6.99. The number of carbonyl (C=O) groups is 1. The predicted molar refractivity (Wildman–Crippen MR) is 92.7 cm³/mol. The quantitative estimate of drug-likeness (QED) is 0.857. The van der Waals surface area contributed by atoms with E-state index in [-0.39, 0.29) is 17.5 Å². The van der Waals surface area contributed by atoms with Gasteiger partial charge >= 0.3 is 0 Å². The molecule has 2 N–H and O–H groups in total. The Morgan fingerprint density at radius 1 is 1.29 bits per heavy atom. The number of nitrogens with zero attached hydrogens (tertiary/aromatic N) is 1. The fourth-order valence-corrected chi connectivity index (χ4v) is 3.09.